The second kappa shape index (κ2) is 12.2. The molecule has 0 fully saturated rings. The molecule has 3 amide bonds. The van der Waals surface area contributed by atoms with E-state index in [1.54, 1.807) is 0 Å². The summed E-state index contributed by atoms with van der Waals surface area (Å²) in [7, 11) is 0. The summed E-state index contributed by atoms with van der Waals surface area (Å²) in [5, 5.41) is 24.9. The molecule has 10 nitrogen and oxygen atoms in total. The van der Waals surface area contributed by atoms with E-state index in [9.17, 15) is 23.6 Å². The molecule has 154 valence electrons. The van der Waals surface area contributed by atoms with Crippen molar-refractivity contribution < 1.29 is 33.8 Å². The average Bonchev–Trinajstić information content (AvgIpc) is 2.64. The third-order valence-corrected chi connectivity index (χ3v) is 3.66. The van der Waals surface area contributed by atoms with Gasteiger partial charge in [0.05, 0.1) is 5.56 Å². The first-order chi connectivity index (χ1) is 13.3. The van der Waals surface area contributed by atoms with Crippen LogP contribution in [0.4, 0.5) is 9.18 Å². The van der Waals surface area contributed by atoms with E-state index < -0.39 is 30.0 Å². The second-order valence-corrected chi connectivity index (χ2v) is 5.91. The molecule has 5 N–H and O–H groups in total. The van der Waals surface area contributed by atoms with Gasteiger partial charge in [0.15, 0.2) is 0 Å². The van der Waals surface area contributed by atoms with Crippen LogP contribution in [0.5, 0.6) is 0 Å². The van der Waals surface area contributed by atoms with Gasteiger partial charge < -0.3 is 26.2 Å². The van der Waals surface area contributed by atoms with Crippen molar-refractivity contribution in [1.82, 2.24) is 20.9 Å². The molecule has 1 aromatic heterocycles. The number of amides is 3. The van der Waals surface area contributed by atoms with Crippen molar-refractivity contribution in [1.29, 1.82) is 0 Å². The van der Waals surface area contributed by atoms with Gasteiger partial charge in [-0.3, -0.25) is 9.59 Å². The predicted molar refractivity (Wildman–Crippen MR) is 95.2 cm³/mol. The molecule has 0 spiro atoms. The fraction of sp³-hybridized carbons (Fsp3) is 0.471. The van der Waals surface area contributed by atoms with E-state index in [0.717, 1.165) is 12.3 Å². The number of carboxylic acids is 2. The smallest absolute Gasteiger partial charge is 0.326 e. The van der Waals surface area contributed by atoms with Crippen LogP contribution in [0.15, 0.2) is 18.3 Å². The van der Waals surface area contributed by atoms with Gasteiger partial charge in [-0.15, -0.1) is 0 Å². The maximum absolute atomic E-state index is 12.7. The Morgan fingerprint density at radius 3 is 2.29 bits per heavy atom. The Morgan fingerprint density at radius 1 is 1.04 bits per heavy atom. The standard InChI is InChI=1S/C17H23FN4O6/c18-13-6-4-11(10-21-13)15(25)19-8-2-1-3-9-20-17(28)22-12(16(26)27)5-7-14(23)24/h4,6,10,12H,1-3,5,7-9H2,(H,19,25)(H,23,24)(H,26,27)(H2,20,22,28)/t12-/m0/s1. The summed E-state index contributed by atoms with van der Waals surface area (Å²) in [6, 6.07) is 0.477. The molecule has 1 aromatic rings. The lowest BCUT2D eigenvalue weighted by Gasteiger charge is -2.14. The van der Waals surface area contributed by atoms with E-state index in [1.807, 2.05) is 0 Å². The third-order valence-electron chi connectivity index (χ3n) is 3.66. The van der Waals surface area contributed by atoms with Gasteiger partial charge in [-0.1, -0.05) is 0 Å². The highest BCUT2D eigenvalue weighted by atomic mass is 19.1. The second-order valence-electron chi connectivity index (χ2n) is 5.91. The number of halogens is 1. The van der Waals surface area contributed by atoms with Crippen LogP contribution in [0, 0.1) is 5.95 Å². The third kappa shape index (κ3) is 9.46. The maximum Gasteiger partial charge on any atom is 0.326 e. The van der Waals surface area contributed by atoms with Gasteiger partial charge >= 0.3 is 18.0 Å². The number of nitrogens with one attached hydrogen (secondary N) is 3. The molecule has 0 saturated carbocycles. The molecule has 0 bridgehead atoms. The summed E-state index contributed by atoms with van der Waals surface area (Å²) in [6.07, 6.45) is 2.53. The van der Waals surface area contributed by atoms with E-state index >= 15 is 0 Å². The monoisotopic (exact) mass is 398 g/mol. The van der Waals surface area contributed by atoms with E-state index in [4.69, 9.17) is 10.2 Å². The van der Waals surface area contributed by atoms with Crippen LogP contribution >= 0.6 is 0 Å². The van der Waals surface area contributed by atoms with Crippen molar-refractivity contribution in [2.75, 3.05) is 13.1 Å². The first kappa shape index (κ1) is 22.8. The lowest BCUT2D eigenvalue weighted by atomic mass is 10.1. The average molecular weight is 398 g/mol. The lowest BCUT2D eigenvalue weighted by Crippen LogP contribution is -2.46. The minimum atomic E-state index is -1.30. The van der Waals surface area contributed by atoms with Crippen LogP contribution in [-0.2, 0) is 9.59 Å². The first-order valence-electron chi connectivity index (χ1n) is 8.68. The number of unbranched alkanes of at least 4 members (excludes halogenated alkanes) is 2. The minimum absolute atomic E-state index is 0.207. The Morgan fingerprint density at radius 2 is 1.71 bits per heavy atom. The van der Waals surface area contributed by atoms with Crippen LogP contribution in [0.1, 0.15) is 42.5 Å². The summed E-state index contributed by atoms with van der Waals surface area (Å²) >= 11 is 0. The fourth-order valence-corrected chi connectivity index (χ4v) is 2.18. The van der Waals surface area contributed by atoms with Gasteiger partial charge in [0.2, 0.25) is 5.95 Å². The summed E-state index contributed by atoms with van der Waals surface area (Å²) in [5.74, 6) is -3.46. The maximum atomic E-state index is 12.7. The Hall–Kier alpha value is -3.24. The zero-order valence-corrected chi connectivity index (χ0v) is 15.1. The van der Waals surface area contributed by atoms with Gasteiger partial charge in [0, 0.05) is 25.7 Å². The number of hydrogen-bond donors (Lipinski definition) is 5. The van der Waals surface area contributed by atoms with Crippen molar-refractivity contribution in [3.05, 3.63) is 29.8 Å². The summed E-state index contributed by atoms with van der Waals surface area (Å²) in [6.45, 7) is 0.700. The van der Waals surface area contributed by atoms with E-state index in [1.165, 1.54) is 6.07 Å². The SMILES string of the molecule is O=C(O)CC[C@H](NC(=O)NCCCCCNC(=O)c1ccc(F)nc1)C(=O)O. The van der Waals surface area contributed by atoms with Crippen LogP contribution in [0.2, 0.25) is 0 Å². The van der Waals surface area contributed by atoms with E-state index in [-0.39, 0.29) is 24.3 Å². The molecule has 0 unspecified atom stereocenters. The topological polar surface area (TPSA) is 158 Å². The number of nitrogens with zero attached hydrogens (tertiary/aromatic N) is 1. The van der Waals surface area contributed by atoms with Crippen LogP contribution < -0.4 is 16.0 Å². The van der Waals surface area contributed by atoms with E-state index in [0.29, 0.717) is 32.4 Å². The Labute approximate surface area is 160 Å². The number of aromatic nitrogens is 1. The summed E-state index contributed by atoms with van der Waals surface area (Å²) in [4.78, 5) is 48.3. The van der Waals surface area contributed by atoms with Crippen molar-refractivity contribution in [2.45, 2.75) is 38.1 Å². The number of carbonyl (C=O) groups excluding carboxylic acids is 2. The molecule has 0 aliphatic rings. The Balaban J connectivity index is 2.13. The zero-order chi connectivity index (χ0) is 20.9. The lowest BCUT2D eigenvalue weighted by molar-refractivity contribution is -0.140. The molecule has 1 atom stereocenters. The summed E-state index contributed by atoms with van der Waals surface area (Å²) in [5.41, 5.74) is 0.260. The Bertz CT molecular complexity index is 683. The zero-order valence-electron chi connectivity index (χ0n) is 15.1. The molecule has 0 radical (unpaired) electrons. The minimum Gasteiger partial charge on any atom is -0.481 e. The molecule has 0 aliphatic carbocycles. The first-order valence-corrected chi connectivity index (χ1v) is 8.68. The molecule has 28 heavy (non-hydrogen) atoms. The van der Waals surface area contributed by atoms with Gasteiger partial charge in [0.1, 0.15) is 6.04 Å². The van der Waals surface area contributed by atoms with Gasteiger partial charge in [-0.2, -0.15) is 4.39 Å². The quantitative estimate of drug-likeness (QED) is 0.256. The van der Waals surface area contributed by atoms with Gasteiger partial charge in [-0.05, 0) is 37.8 Å². The molecule has 11 heteroatoms. The van der Waals surface area contributed by atoms with E-state index in [2.05, 4.69) is 20.9 Å². The van der Waals surface area contributed by atoms with Crippen molar-refractivity contribution in [2.24, 2.45) is 0 Å². The molecule has 0 aliphatic heterocycles. The van der Waals surface area contributed by atoms with Gasteiger partial charge in [-0.25, -0.2) is 14.6 Å². The van der Waals surface area contributed by atoms with Gasteiger partial charge in [0.25, 0.3) is 5.91 Å². The van der Waals surface area contributed by atoms with Crippen molar-refractivity contribution in [3.8, 4) is 0 Å². The number of carboxylic acid groups (broad SMARTS) is 2. The molecule has 1 heterocycles. The number of rotatable bonds is 12. The Kier molecular flexibility index (Phi) is 9.94. The number of carbonyl (C=O) groups is 4. The summed E-state index contributed by atoms with van der Waals surface area (Å²) < 4.78 is 12.7. The number of pyridine rings is 1. The number of urea groups is 1. The highest BCUT2D eigenvalue weighted by Gasteiger charge is 2.20. The van der Waals surface area contributed by atoms with Crippen molar-refractivity contribution in [3.63, 3.8) is 0 Å². The van der Waals surface area contributed by atoms with Crippen LogP contribution in [-0.4, -0.2) is 58.2 Å². The molecule has 0 aromatic carbocycles. The normalized spacial score (nSPS) is 11.3. The largest absolute Gasteiger partial charge is 0.481 e. The number of hydrogen-bond acceptors (Lipinski definition) is 5. The molecular weight excluding hydrogens is 375 g/mol. The van der Waals surface area contributed by atoms with Crippen molar-refractivity contribution >= 4 is 23.9 Å². The molecule has 1 rings (SSSR count). The highest BCUT2D eigenvalue weighted by Crippen LogP contribution is 2.00. The van der Waals surface area contributed by atoms with Crippen LogP contribution in [0.3, 0.4) is 0 Å². The fourth-order valence-electron chi connectivity index (χ4n) is 2.18. The highest BCUT2D eigenvalue weighted by molar-refractivity contribution is 5.93. The predicted octanol–water partition coefficient (Wildman–Crippen LogP) is 0.738. The number of aliphatic carboxylic acids is 2. The molecule has 0 saturated heterocycles. The van der Waals surface area contributed by atoms with Crippen LogP contribution in [0.25, 0.3) is 0 Å². The molecular formula is C17H23FN4O6.